The lowest BCUT2D eigenvalue weighted by Gasteiger charge is -2.40. The maximum Gasteiger partial charge on any atom is 0.270 e. The van der Waals surface area contributed by atoms with Crippen LogP contribution in [0.1, 0.15) is 35.0 Å². The van der Waals surface area contributed by atoms with Crippen molar-refractivity contribution in [2.24, 2.45) is 0 Å². The molecule has 5 nitrogen and oxygen atoms in total. The van der Waals surface area contributed by atoms with E-state index in [0.717, 1.165) is 10.2 Å². The first-order valence-corrected chi connectivity index (χ1v) is 11.7. The summed E-state index contributed by atoms with van der Waals surface area (Å²) in [6.45, 7) is 6.37. The Bertz CT molecular complexity index is 1070. The lowest BCUT2D eigenvalue weighted by atomic mass is 10.1. The molecule has 0 saturated carbocycles. The highest BCUT2D eigenvalue weighted by Gasteiger charge is 2.31. The molecule has 158 valence electrons. The summed E-state index contributed by atoms with van der Waals surface area (Å²) < 4.78 is 2.13. The summed E-state index contributed by atoms with van der Waals surface area (Å²) in [6.07, 6.45) is 0.343. The van der Waals surface area contributed by atoms with Crippen molar-refractivity contribution in [3.63, 3.8) is 0 Å². The third kappa shape index (κ3) is 4.12. The van der Waals surface area contributed by atoms with Crippen LogP contribution in [0.3, 0.4) is 0 Å². The monoisotopic (exact) mass is 443 g/mol. The third-order valence-electron chi connectivity index (χ3n) is 5.69. The minimum atomic E-state index is -0.0141. The Hall–Kier alpha value is -2.31. The van der Waals surface area contributed by atoms with Crippen molar-refractivity contribution in [3.8, 4) is 0 Å². The molecule has 2 amide bonds. The lowest BCUT2D eigenvalue weighted by molar-refractivity contribution is -0.134. The van der Waals surface area contributed by atoms with Crippen LogP contribution in [0, 0.1) is 6.92 Å². The van der Waals surface area contributed by atoms with Crippen molar-refractivity contribution < 1.29 is 9.59 Å². The minimum Gasteiger partial charge on any atom is -0.336 e. The van der Waals surface area contributed by atoms with Gasteiger partial charge >= 0.3 is 0 Å². The standard InChI is InChI=1S/C23H26ClN3O2S/c1-16-4-3-5-18(12-16)15-27-20(13-19-7-11-30-23(19)27)22(29)25-9-10-26(17(2)14-25)21(28)6-8-24/h3-5,7,11-13,17H,6,8-10,14-15H2,1-2H3. The Kier molecular flexibility index (Phi) is 6.16. The van der Waals surface area contributed by atoms with Crippen LogP contribution in [0.4, 0.5) is 0 Å². The molecule has 1 aromatic carbocycles. The lowest BCUT2D eigenvalue weighted by Crippen LogP contribution is -2.55. The highest BCUT2D eigenvalue weighted by atomic mass is 35.5. The molecule has 4 rings (SSSR count). The van der Waals surface area contributed by atoms with Gasteiger partial charge in [0.15, 0.2) is 0 Å². The maximum absolute atomic E-state index is 13.5. The summed E-state index contributed by atoms with van der Waals surface area (Å²) in [5, 5.41) is 3.16. The van der Waals surface area contributed by atoms with E-state index in [4.69, 9.17) is 11.6 Å². The highest BCUT2D eigenvalue weighted by Crippen LogP contribution is 2.28. The predicted octanol–water partition coefficient (Wildman–Crippen LogP) is 4.36. The molecule has 1 atom stereocenters. The maximum atomic E-state index is 13.5. The molecular formula is C23H26ClN3O2S. The van der Waals surface area contributed by atoms with Crippen LogP contribution in [0.25, 0.3) is 10.2 Å². The molecule has 1 aliphatic heterocycles. The Morgan fingerprint density at radius 3 is 2.77 bits per heavy atom. The SMILES string of the molecule is Cc1cccc(Cn2c(C(=O)N3CCN(C(=O)CCCl)C(C)C3)cc3ccsc32)c1. The van der Waals surface area contributed by atoms with Crippen LogP contribution < -0.4 is 0 Å². The Balaban J connectivity index is 1.58. The molecule has 0 spiro atoms. The molecule has 0 bridgehead atoms. The Morgan fingerprint density at radius 2 is 2.03 bits per heavy atom. The number of carbonyl (C=O) groups excluding carboxylic acids is 2. The molecule has 3 heterocycles. The average molecular weight is 444 g/mol. The number of aryl methyl sites for hydroxylation is 1. The molecule has 0 N–H and O–H groups in total. The van der Waals surface area contributed by atoms with E-state index in [9.17, 15) is 9.59 Å². The first kappa shape index (κ1) is 20.9. The number of nitrogens with zero attached hydrogens (tertiary/aromatic N) is 3. The third-order valence-corrected chi connectivity index (χ3v) is 6.83. The molecule has 1 fully saturated rings. The number of hydrogen-bond acceptors (Lipinski definition) is 3. The molecule has 30 heavy (non-hydrogen) atoms. The zero-order chi connectivity index (χ0) is 21.3. The smallest absolute Gasteiger partial charge is 0.270 e. The number of piperazine rings is 1. The number of alkyl halides is 1. The van der Waals surface area contributed by atoms with Crippen molar-refractivity contribution >= 4 is 45.0 Å². The molecule has 1 unspecified atom stereocenters. The van der Waals surface area contributed by atoms with Crippen LogP contribution in [-0.2, 0) is 11.3 Å². The van der Waals surface area contributed by atoms with E-state index in [-0.39, 0.29) is 17.9 Å². The number of fused-ring (bicyclic) bond motifs is 1. The summed E-state index contributed by atoms with van der Waals surface area (Å²) in [7, 11) is 0. The predicted molar refractivity (Wildman–Crippen MR) is 123 cm³/mol. The summed E-state index contributed by atoms with van der Waals surface area (Å²) in [6, 6.07) is 12.5. The van der Waals surface area contributed by atoms with Gasteiger partial charge in [0, 0.05) is 49.9 Å². The van der Waals surface area contributed by atoms with Crippen LogP contribution in [-0.4, -0.2) is 57.7 Å². The molecule has 1 aliphatic rings. The minimum absolute atomic E-state index is 0.0141. The number of benzene rings is 1. The fourth-order valence-electron chi connectivity index (χ4n) is 4.20. The van der Waals surface area contributed by atoms with Crippen LogP contribution in [0.5, 0.6) is 0 Å². The first-order valence-electron chi connectivity index (χ1n) is 10.2. The number of amides is 2. The van der Waals surface area contributed by atoms with Crippen molar-refractivity contribution in [3.05, 3.63) is 58.6 Å². The number of halogens is 1. The van der Waals surface area contributed by atoms with Gasteiger partial charge in [-0.3, -0.25) is 9.59 Å². The van der Waals surface area contributed by atoms with Crippen molar-refractivity contribution in [1.29, 1.82) is 0 Å². The van der Waals surface area contributed by atoms with Gasteiger partial charge in [-0.25, -0.2) is 0 Å². The zero-order valence-electron chi connectivity index (χ0n) is 17.3. The number of carbonyl (C=O) groups is 2. The number of rotatable bonds is 5. The summed E-state index contributed by atoms with van der Waals surface area (Å²) in [5.41, 5.74) is 3.10. The van der Waals surface area contributed by atoms with E-state index in [1.165, 1.54) is 11.1 Å². The molecule has 2 aromatic heterocycles. The van der Waals surface area contributed by atoms with E-state index in [2.05, 4.69) is 47.2 Å². The second-order valence-electron chi connectivity index (χ2n) is 7.91. The van der Waals surface area contributed by atoms with E-state index >= 15 is 0 Å². The summed E-state index contributed by atoms with van der Waals surface area (Å²) in [4.78, 5) is 30.6. The van der Waals surface area contributed by atoms with E-state index in [0.29, 0.717) is 44.2 Å². The largest absolute Gasteiger partial charge is 0.336 e. The van der Waals surface area contributed by atoms with Crippen molar-refractivity contribution in [2.45, 2.75) is 32.9 Å². The van der Waals surface area contributed by atoms with E-state index < -0.39 is 0 Å². The Labute approximate surface area is 185 Å². The molecule has 3 aromatic rings. The fraction of sp³-hybridized carbons (Fsp3) is 0.391. The Morgan fingerprint density at radius 1 is 1.20 bits per heavy atom. The molecule has 0 radical (unpaired) electrons. The van der Waals surface area contributed by atoms with Gasteiger partial charge in [-0.1, -0.05) is 29.8 Å². The second-order valence-corrected chi connectivity index (χ2v) is 9.18. The van der Waals surface area contributed by atoms with Gasteiger partial charge in [0.25, 0.3) is 5.91 Å². The first-order chi connectivity index (χ1) is 14.5. The molecular weight excluding hydrogens is 418 g/mol. The topological polar surface area (TPSA) is 45.6 Å². The van der Waals surface area contributed by atoms with Gasteiger partial charge in [-0.2, -0.15) is 0 Å². The van der Waals surface area contributed by atoms with Crippen molar-refractivity contribution in [1.82, 2.24) is 14.4 Å². The zero-order valence-corrected chi connectivity index (χ0v) is 18.9. The van der Waals surface area contributed by atoms with E-state index in [1.807, 2.05) is 22.8 Å². The van der Waals surface area contributed by atoms with Gasteiger partial charge in [0.1, 0.15) is 10.5 Å². The summed E-state index contributed by atoms with van der Waals surface area (Å²) in [5.74, 6) is 0.420. The van der Waals surface area contributed by atoms with Crippen LogP contribution >= 0.6 is 22.9 Å². The number of thiophene rings is 1. The van der Waals surface area contributed by atoms with Crippen molar-refractivity contribution in [2.75, 3.05) is 25.5 Å². The van der Waals surface area contributed by atoms with Gasteiger partial charge in [-0.15, -0.1) is 22.9 Å². The van der Waals surface area contributed by atoms with Crippen LogP contribution in [0.2, 0.25) is 0 Å². The number of hydrogen-bond donors (Lipinski definition) is 0. The molecule has 0 aliphatic carbocycles. The van der Waals surface area contributed by atoms with E-state index in [1.54, 1.807) is 11.3 Å². The second kappa shape index (κ2) is 8.82. The van der Waals surface area contributed by atoms with Gasteiger partial charge < -0.3 is 14.4 Å². The summed E-state index contributed by atoms with van der Waals surface area (Å²) >= 11 is 7.39. The van der Waals surface area contributed by atoms with Gasteiger partial charge in [0.05, 0.1) is 0 Å². The average Bonchev–Trinajstić information content (AvgIpc) is 3.30. The quantitative estimate of drug-likeness (QED) is 0.550. The van der Waals surface area contributed by atoms with Gasteiger partial charge in [-0.05, 0) is 36.9 Å². The molecule has 7 heteroatoms. The fourth-order valence-corrected chi connectivity index (χ4v) is 5.26. The van der Waals surface area contributed by atoms with Gasteiger partial charge in [0.2, 0.25) is 5.91 Å². The molecule has 1 saturated heterocycles. The highest BCUT2D eigenvalue weighted by molar-refractivity contribution is 7.16. The normalized spacial score (nSPS) is 17.0. The van der Waals surface area contributed by atoms with Crippen LogP contribution in [0.15, 0.2) is 41.8 Å². The number of aromatic nitrogens is 1.